The van der Waals surface area contributed by atoms with Gasteiger partial charge in [-0.3, -0.25) is 4.84 Å². The second-order valence-electron chi connectivity index (χ2n) is 6.51. The number of aliphatic hydroxyl groups excluding tert-OH is 1. The number of hydrogen-bond donors (Lipinski definition) is 1. The van der Waals surface area contributed by atoms with E-state index in [9.17, 15) is 4.79 Å². The molecule has 2 amide bonds. The maximum Gasteiger partial charge on any atom is 0.344 e. The molecule has 1 unspecified atom stereocenters. The Labute approximate surface area is 129 Å². The molecule has 0 aromatic heterocycles. The third-order valence-corrected chi connectivity index (χ3v) is 5.22. The van der Waals surface area contributed by atoms with Gasteiger partial charge in [0.15, 0.2) is 0 Å². The van der Waals surface area contributed by atoms with E-state index in [2.05, 4.69) is 0 Å². The van der Waals surface area contributed by atoms with Gasteiger partial charge in [-0.05, 0) is 36.3 Å². The van der Waals surface area contributed by atoms with Crippen molar-refractivity contribution < 1.29 is 14.7 Å². The molecule has 5 heteroatoms. The van der Waals surface area contributed by atoms with Crippen LogP contribution in [0.25, 0.3) is 0 Å². The lowest BCUT2D eigenvalue weighted by Crippen LogP contribution is -2.44. The second kappa shape index (κ2) is 5.02. The first-order valence-corrected chi connectivity index (χ1v) is 7.81. The van der Waals surface area contributed by atoms with E-state index in [4.69, 9.17) is 9.94 Å². The van der Waals surface area contributed by atoms with Crippen molar-refractivity contribution in [1.82, 2.24) is 9.96 Å². The van der Waals surface area contributed by atoms with Gasteiger partial charge in [-0.2, -0.15) is 5.06 Å². The van der Waals surface area contributed by atoms with Crippen LogP contribution in [-0.2, 0) is 11.4 Å². The first-order valence-electron chi connectivity index (χ1n) is 7.81. The number of carbonyl (C=O) groups excluding carboxylic acids is 1. The summed E-state index contributed by atoms with van der Waals surface area (Å²) < 4.78 is 0. The lowest BCUT2D eigenvalue weighted by molar-refractivity contribution is -0.153. The monoisotopic (exact) mass is 300 g/mol. The predicted octanol–water partition coefficient (Wildman–Crippen LogP) is 2.85. The summed E-state index contributed by atoms with van der Waals surface area (Å²) >= 11 is 0. The van der Waals surface area contributed by atoms with Gasteiger partial charge in [0.2, 0.25) is 0 Å². The van der Waals surface area contributed by atoms with Gasteiger partial charge < -0.3 is 10.0 Å². The quantitative estimate of drug-likeness (QED) is 0.870. The Morgan fingerprint density at radius 1 is 1.32 bits per heavy atom. The molecule has 2 bridgehead atoms. The van der Waals surface area contributed by atoms with Crippen LogP contribution < -0.4 is 0 Å². The SMILES string of the molecule is O=C1N2C[C@@H](N1OCc1ccccc1)C1(CC1)CC2/C=C/O. The molecule has 3 fully saturated rings. The van der Waals surface area contributed by atoms with Gasteiger partial charge in [-0.1, -0.05) is 30.3 Å². The Bertz CT molecular complexity index is 597. The summed E-state index contributed by atoms with van der Waals surface area (Å²) in [7, 11) is 0. The van der Waals surface area contributed by atoms with Crippen molar-refractivity contribution in [3.63, 3.8) is 0 Å². The van der Waals surface area contributed by atoms with Gasteiger partial charge in [-0.15, -0.1) is 0 Å². The lowest BCUT2D eigenvalue weighted by atomic mass is 9.85. The molecule has 1 aromatic rings. The Morgan fingerprint density at radius 3 is 2.77 bits per heavy atom. The van der Waals surface area contributed by atoms with E-state index in [1.807, 2.05) is 35.2 Å². The zero-order valence-electron chi connectivity index (χ0n) is 12.4. The summed E-state index contributed by atoms with van der Waals surface area (Å²) in [5, 5.41) is 10.7. The molecule has 2 saturated heterocycles. The smallest absolute Gasteiger partial charge is 0.344 e. The van der Waals surface area contributed by atoms with Gasteiger partial charge in [0.25, 0.3) is 0 Å². The van der Waals surface area contributed by atoms with E-state index in [1.165, 1.54) is 0 Å². The van der Waals surface area contributed by atoms with Crippen molar-refractivity contribution in [3.8, 4) is 0 Å². The number of nitrogens with zero attached hydrogens (tertiary/aromatic N) is 2. The molecule has 116 valence electrons. The standard InChI is InChI=1S/C17H20N2O3/c20-9-6-14-10-17(7-8-17)15-11-18(14)16(21)19(15)22-12-13-4-2-1-3-5-13/h1-6,9,14-15,20H,7-8,10-12H2/b9-6+/t14?,15-/m1/s1. The Kier molecular flexibility index (Phi) is 3.11. The van der Waals surface area contributed by atoms with Crippen LogP contribution in [0, 0.1) is 5.41 Å². The van der Waals surface area contributed by atoms with Crippen molar-refractivity contribution in [2.75, 3.05) is 6.54 Å². The Morgan fingerprint density at radius 2 is 2.09 bits per heavy atom. The van der Waals surface area contributed by atoms with Crippen molar-refractivity contribution in [2.45, 2.75) is 38.0 Å². The molecule has 1 aliphatic carbocycles. The number of aliphatic hydroxyl groups is 1. The molecule has 5 nitrogen and oxygen atoms in total. The maximum absolute atomic E-state index is 12.6. The number of carbonyl (C=O) groups is 1. The van der Waals surface area contributed by atoms with Crippen LogP contribution in [0.3, 0.4) is 0 Å². The minimum absolute atomic E-state index is 0.0124. The zero-order chi connectivity index (χ0) is 15.2. The highest BCUT2D eigenvalue weighted by Gasteiger charge is 2.62. The topological polar surface area (TPSA) is 53.0 Å². The van der Waals surface area contributed by atoms with Gasteiger partial charge >= 0.3 is 6.03 Å². The molecular weight excluding hydrogens is 280 g/mol. The van der Waals surface area contributed by atoms with Crippen LogP contribution in [0.15, 0.2) is 42.7 Å². The number of urea groups is 1. The minimum Gasteiger partial charge on any atom is -0.516 e. The average molecular weight is 300 g/mol. The molecule has 2 atom stereocenters. The molecule has 1 spiro atoms. The molecule has 1 aromatic carbocycles. The third kappa shape index (κ3) is 2.08. The summed E-state index contributed by atoms with van der Waals surface area (Å²) in [5.74, 6) is 0. The molecule has 1 saturated carbocycles. The van der Waals surface area contributed by atoms with Crippen molar-refractivity contribution in [2.24, 2.45) is 5.41 Å². The number of fused-ring (bicyclic) bond motifs is 3. The van der Waals surface area contributed by atoms with Crippen molar-refractivity contribution in [3.05, 3.63) is 48.2 Å². The fraction of sp³-hybridized carbons (Fsp3) is 0.471. The third-order valence-electron chi connectivity index (χ3n) is 5.22. The number of rotatable bonds is 4. The maximum atomic E-state index is 12.6. The van der Waals surface area contributed by atoms with Gasteiger partial charge in [0.1, 0.15) is 6.61 Å². The van der Waals surface area contributed by atoms with E-state index in [0.717, 1.165) is 31.1 Å². The molecular formula is C17H20N2O3. The van der Waals surface area contributed by atoms with Gasteiger partial charge in [-0.25, -0.2) is 4.79 Å². The predicted molar refractivity (Wildman–Crippen MR) is 80.8 cm³/mol. The first kappa shape index (κ1) is 13.6. The molecule has 1 N–H and O–H groups in total. The average Bonchev–Trinajstić information content (AvgIpc) is 3.24. The normalized spacial score (nSPS) is 28.8. The highest BCUT2D eigenvalue weighted by atomic mass is 16.7. The minimum atomic E-state index is -0.0761. The first-order chi connectivity index (χ1) is 10.7. The van der Waals surface area contributed by atoms with Crippen LogP contribution in [0.5, 0.6) is 0 Å². The Hall–Kier alpha value is -2.01. The van der Waals surface area contributed by atoms with E-state index in [-0.39, 0.29) is 23.5 Å². The summed E-state index contributed by atoms with van der Waals surface area (Å²) in [6.07, 6.45) is 5.97. The number of hydrogen-bond acceptors (Lipinski definition) is 3. The molecule has 3 aliphatic rings. The fourth-order valence-electron chi connectivity index (χ4n) is 3.81. The number of piperidine rings is 1. The molecule has 4 rings (SSSR count). The highest BCUT2D eigenvalue weighted by Crippen LogP contribution is 2.59. The second-order valence-corrected chi connectivity index (χ2v) is 6.51. The summed E-state index contributed by atoms with van der Waals surface area (Å²) in [6.45, 7) is 1.11. The molecule has 2 heterocycles. The largest absolute Gasteiger partial charge is 0.516 e. The van der Waals surface area contributed by atoms with E-state index < -0.39 is 0 Å². The summed E-state index contributed by atoms with van der Waals surface area (Å²) in [5.41, 5.74) is 1.24. The van der Waals surface area contributed by atoms with Crippen molar-refractivity contribution >= 4 is 6.03 Å². The van der Waals surface area contributed by atoms with E-state index in [1.54, 1.807) is 11.1 Å². The van der Waals surface area contributed by atoms with Gasteiger partial charge in [0.05, 0.1) is 18.3 Å². The van der Waals surface area contributed by atoms with Gasteiger partial charge in [0, 0.05) is 6.54 Å². The van der Waals surface area contributed by atoms with Crippen LogP contribution in [0.4, 0.5) is 4.79 Å². The molecule has 22 heavy (non-hydrogen) atoms. The summed E-state index contributed by atoms with van der Waals surface area (Å²) in [4.78, 5) is 20.3. The highest BCUT2D eigenvalue weighted by molar-refractivity contribution is 5.77. The van der Waals surface area contributed by atoms with E-state index in [0.29, 0.717) is 13.2 Å². The zero-order valence-corrected chi connectivity index (χ0v) is 12.4. The van der Waals surface area contributed by atoms with Crippen LogP contribution in [0.2, 0.25) is 0 Å². The van der Waals surface area contributed by atoms with Crippen molar-refractivity contribution in [1.29, 1.82) is 0 Å². The summed E-state index contributed by atoms with van der Waals surface area (Å²) in [6, 6.07) is 9.96. The molecule has 0 radical (unpaired) electrons. The lowest BCUT2D eigenvalue weighted by Gasteiger charge is -2.35. The van der Waals surface area contributed by atoms with Crippen LogP contribution in [0.1, 0.15) is 24.8 Å². The molecule has 2 aliphatic heterocycles. The fourth-order valence-corrected chi connectivity index (χ4v) is 3.81. The number of amides is 2. The Balaban J connectivity index is 1.52. The van der Waals surface area contributed by atoms with E-state index >= 15 is 0 Å². The number of benzene rings is 1. The van der Waals surface area contributed by atoms with Crippen LogP contribution in [-0.4, -0.2) is 39.7 Å². The van der Waals surface area contributed by atoms with Crippen LogP contribution >= 0.6 is 0 Å². The number of hydroxylamine groups is 2.